The van der Waals surface area contributed by atoms with Crippen molar-refractivity contribution in [3.8, 4) is 17.2 Å². The molecule has 7 heteroatoms. The molecule has 4 aromatic rings. The monoisotopic (exact) mass is 481 g/mol. The highest BCUT2D eigenvalue weighted by atomic mass is 19.1. The van der Waals surface area contributed by atoms with E-state index in [0.29, 0.717) is 17.1 Å². The van der Waals surface area contributed by atoms with Gasteiger partial charge in [0.05, 0.1) is 17.3 Å². The lowest BCUT2D eigenvalue weighted by Crippen LogP contribution is -2.29. The van der Waals surface area contributed by atoms with Gasteiger partial charge in [-0.15, -0.1) is 0 Å². The molecule has 1 heterocycles. The molecule has 0 aromatic heterocycles. The summed E-state index contributed by atoms with van der Waals surface area (Å²) >= 11 is 0. The van der Waals surface area contributed by atoms with Gasteiger partial charge in [-0.05, 0) is 66.2 Å². The van der Waals surface area contributed by atoms with Gasteiger partial charge in [0.1, 0.15) is 28.8 Å². The van der Waals surface area contributed by atoms with Gasteiger partial charge in [-0.2, -0.15) is 0 Å². The number of anilines is 1. The first kappa shape index (κ1) is 22.9. The van der Waals surface area contributed by atoms with Gasteiger partial charge in [0, 0.05) is 5.56 Å². The molecule has 4 aromatic carbocycles. The lowest BCUT2D eigenvalue weighted by molar-refractivity contribution is -0.132. The summed E-state index contributed by atoms with van der Waals surface area (Å²) in [6, 6.07) is 25.9. The number of carbonyl (C=O) groups is 2. The van der Waals surface area contributed by atoms with Crippen LogP contribution in [0.3, 0.4) is 0 Å². The number of hydrogen-bond donors (Lipinski definition) is 2. The highest BCUT2D eigenvalue weighted by molar-refractivity contribution is 6.51. The normalized spacial score (nSPS) is 16.8. The van der Waals surface area contributed by atoms with Crippen LogP contribution in [0.5, 0.6) is 17.2 Å². The Balaban J connectivity index is 1.68. The molecule has 1 saturated heterocycles. The Bertz CT molecular complexity index is 1480. The molecule has 0 bridgehead atoms. The second kappa shape index (κ2) is 9.38. The molecule has 0 aliphatic carbocycles. The molecule has 1 amide bonds. The number of aromatic hydroxyl groups is 1. The minimum Gasteiger partial charge on any atom is -0.507 e. The molecule has 0 spiro atoms. The van der Waals surface area contributed by atoms with Gasteiger partial charge >= 0.3 is 0 Å². The predicted molar refractivity (Wildman–Crippen MR) is 132 cm³/mol. The lowest BCUT2D eigenvalue weighted by Gasteiger charge is -2.26. The zero-order valence-electron chi connectivity index (χ0n) is 18.8. The standard InChI is InChI=1S/C29H20FNO5/c30-20-15-13-18(14-16-20)27(33)25-26(31(29(35)28(25)34)23-11-4-5-12-24(23)32)19-7-6-10-22(17-19)36-21-8-2-1-3-9-21/h1-17,26,32-33H/b27-25-. The van der Waals surface area contributed by atoms with Gasteiger partial charge in [-0.25, -0.2) is 4.39 Å². The maximum atomic E-state index is 13.5. The maximum absolute atomic E-state index is 13.5. The Morgan fingerprint density at radius 2 is 1.47 bits per heavy atom. The number of aliphatic hydroxyl groups is 1. The third kappa shape index (κ3) is 4.18. The average molecular weight is 481 g/mol. The SMILES string of the molecule is O=C1C(=O)N(c2ccccc2O)C(c2cccc(Oc3ccccc3)c2)/C1=C(/O)c1ccc(F)cc1. The molecule has 0 radical (unpaired) electrons. The Labute approximate surface area is 206 Å². The fourth-order valence-corrected chi connectivity index (χ4v) is 4.20. The minimum atomic E-state index is -1.08. The van der Waals surface area contributed by atoms with Gasteiger partial charge in [0.15, 0.2) is 0 Å². The molecule has 1 fully saturated rings. The van der Waals surface area contributed by atoms with Gasteiger partial charge < -0.3 is 14.9 Å². The van der Waals surface area contributed by atoms with E-state index in [1.54, 1.807) is 48.5 Å². The van der Waals surface area contributed by atoms with Crippen LogP contribution in [0.1, 0.15) is 17.2 Å². The van der Waals surface area contributed by atoms with Gasteiger partial charge in [-0.1, -0.05) is 42.5 Å². The summed E-state index contributed by atoms with van der Waals surface area (Å²) < 4.78 is 19.4. The fourth-order valence-electron chi connectivity index (χ4n) is 4.20. The zero-order valence-corrected chi connectivity index (χ0v) is 18.8. The van der Waals surface area contributed by atoms with E-state index in [4.69, 9.17) is 4.74 Å². The summed E-state index contributed by atoms with van der Waals surface area (Å²) in [6.07, 6.45) is 0. The van der Waals surface area contributed by atoms with Crippen molar-refractivity contribution in [2.45, 2.75) is 6.04 Å². The number of Topliss-reactive ketones (excluding diaryl/α,β-unsaturated/α-hetero) is 1. The van der Waals surface area contributed by atoms with E-state index in [9.17, 15) is 24.2 Å². The number of rotatable bonds is 5. The van der Waals surface area contributed by atoms with Crippen molar-refractivity contribution < 1.29 is 28.9 Å². The molecule has 2 N–H and O–H groups in total. The van der Waals surface area contributed by atoms with E-state index in [1.807, 2.05) is 18.2 Å². The van der Waals surface area contributed by atoms with Crippen molar-refractivity contribution in [2.24, 2.45) is 0 Å². The number of ketones is 1. The Kier molecular flexibility index (Phi) is 5.96. The van der Waals surface area contributed by atoms with Crippen LogP contribution in [-0.4, -0.2) is 21.9 Å². The molecule has 6 nitrogen and oxygen atoms in total. The van der Waals surface area contributed by atoms with Crippen molar-refractivity contribution in [1.29, 1.82) is 0 Å². The zero-order chi connectivity index (χ0) is 25.2. The van der Waals surface area contributed by atoms with Crippen molar-refractivity contribution in [2.75, 3.05) is 4.90 Å². The number of ether oxygens (including phenoxy) is 1. The largest absolute Gasteiger partial charge is 0.507 e. The average Bonchev–Trinajstić information content (AvgIpc) is 3.15. The van der Waals surface area contributed by atoms with Crippen LogP contribution in [0.2, 0.25) is 0 Å². The van der Waals surface area contributed by atoms with Crippen LogP contribution in [0.15, 0.2) is 109 Å². The maximum Gasteiger partial charge on any atom is 0.300 e. The van der Waals surface area contributed by atoms with Gasteiger partial charge in [0.25, 0.3) is 11.7 Å². The molecular weight excluding hydrogens is 461 g/mol. The molecule has 1 unspecified atom stereocenters. The van der Waals surface area contributed by atoms with Crippen LogP contribution in [0.25, 0.3) is 5.76 Å². The smallest absolute Gasteiger partial charge is 0.300 e. The predicted octanol–water partition coefficient (Wildman–Crippen LogP) is 5.95. The van der Waals surface area contributed by atoms with Gasteiger partial charge in [-0.3, -0.25) is 14.5 Å². The number of benzene rings is 4. The number of amides is 1. The first-order valence-electron chi connectivity index (χ1n) is 11.1. The molecule has 1 atom stereocenters. The van der Waals surface area contributed by atoms with E-state index >= 15 is 0 Å². The third-order valence-electron chi connectivity index (χ3n) is 5.86. The molecule has 36 heavy (non-hydrogen) atoms. The summed E-state index contributed by atoms with van der Waals surface area (Å²) in [5.74, 6) is -1.98. The van der Waals surface area contributed by atoms with E-state index in [-0.39, 0.29) is 22.6 Å². The number of phenolic OH excluding ortho intramolecular Hbond substituents is 1. The highest BCUT2D eigenvalue weighted by Gasteiger charge is 2.47. The van der Waals surface area contributed by atoms with E-state index < -0.39 is 29.3 Å². The number of aliphatic hydroxyl groups excluding tert-OH is 1. The van der Waals surface area contributed by atoms with Crippen LogP contribution in [0.4, 0.5) is 10.1 Å². The van der Waals surface area contributed by atoms with E-state index in [1.165, 1.54) is 24.3 Å². The highest BCUT2D eigenvalue weighted by Crippen LogP contribution is 2.45. The first-order valence-corrected chi connectivity index (χ1v) is 11.1. The Morgan fingerprint density at radius 3 is 2.19 bits per heavy atom. The van der Waals surface area contributed by atoms with Crippen molar-refractivity contribution >= 4 is 23.1 Å². The lowest BCUT2D eigenvalue weighted by atomic mass is 9.95. The summed E-state index contributed by atoms with van der Waals surface area (Å²) in [6.45, 7) is 0. The fraction of sp³-hybridized carbons (Fsp3) is 0.0345. The number of para-hydroxylation sites is 3. The van der Waals surface area contributed by atoms with Gasteiger partial charge in [0.2, 0.25) is 0 Å². The molecule has 5 rings (SSSR count). The number of carbonyl (C=O) groups excluding carboxylic acids is 2. The minimum absolute atomic E-state index is 0.108. The van der Waals surface area contributed by atoms with Crippen LogP contribution < -0.4 is 9.64 Å². The number of nitrogens with zero attached hydrogens (tertiary/aromatic N) is 1. The quantitative estimate of drug-likeness (QED) is 0.209. The van der Waals surface area contributed by atoms with Crippen LogP contribution in [-0.2, 0) is 9.59 Å². The number of hydrogen-bond acceptors (Lipinski definition) is 5. The van der Waals surface area contributed by atoms with Crippen LogP contribution >= 0.6 is 0 Å². The molecule has 1 aliphatic heterocycles. The molecule has 178 valence electrons. The Hall–Kier alpha value is -4.91. The summed E-state index contributed by atoms with van der Waals surface area (Å²) in [7, 11) is 0. The molecule has 0 saturated carbocycles. The topological polar surface area (TPSA) is 87.1 Å². The molecule has 1 aliphatic rings. The summed E-state index contributed by atoms with van der Waals surface area (Å²) in [5.41, 5.74) is 0.562. The van der Waals surface area contributed by atoms with Crippen molar-refractivity contribution in [1.82, 2.24) is 0 Å². The van der Waals surface area contributed by atoms with E-state index in [0.717, 1.165) is 17.0 Å². The second-order valence-corrected chi connectivity index (χ2v) is 8.15. The summed E-state index contributed by atoms with van der Waals surface area (Å²) in [4.78, 5) is 27.6. The number of phenols is 1. The van der Waals surface area contributed by atoms with E-state index in [2.05, 4.69) is 0 Å². The number of halogens is 1. The summed E-state index contributed by atoms with van der Waals surface area (Å²) in [5, 5.41) is 21.6. The first-order chi connectivity index (χ1) is 17.4. The van der Waals surface area contributed by atoms with Crippen LogP contribution in [0, 0.1) is 5.82 Å². The van der Waals surface area contributed by atoms with Crippen molar-refractivity contribution in [3.63, 3.8) is 0 Å². The Morgan fingerprint density at radius 1 is 0.806 bits per heavy atom. The molecular formula is C29H20FNO5. The second-order valence-electron chi connectivity index (χ2n) is 8.15. The van der Waals surface area contributed by atoms with Crippen molar-refractivity contribution in [3.05, 3.63) is 126 Å². The third-order valence-corrected chi connectivity index (χ3v) is 5.86.